The van der Waals surface area contributed by atoms with Crippen LogP contribution in [0.3, 0.4) is 0 Å². The molecule has 1 saturated heterocycles. The van der Waals surface area contributed by atoms with Crippen LogP contribution in [0.2, 0.25) is 0 Å². The van der Waals surface area contributed by atoms with Crippen LogP contribution in [0.1, 0.15) is 26.2 Å². The first-order valence-corrected chi connectivity index (χ1v) is 9.81. The van der Waals surface area contributed by atoms with Crippen LogP contribution in [0.15, 0.2) is 29.7 Å². The number of rotatable bonds is 6. The Morgan fingerprint density at radius 2 is 2.25 bits per heavy atom. The molecule has 2 atom stereocenters. The Labute approximate surface area is 147 Å². The van der Waals surface area contributed by atoms with Crippen molar-refractivity contribution in [2.45, 2.75) is 31.3 Å². The SMILES string of the molecule is C[C@@H]1C[C@@]12CCN(CCCSc1nnc(-c3cccnc3)n1C)C2. The summed E-state index contributed by atoms with van der Waals surface area (Å²) >= 11 is 1.80. The average Bonchev–Trinajstić information content (AvgIpc) is 2.92. The molecule has 4 rings (SSSR count). The van der Waals surface area contributed by atoms with Crippen molar-refractivity contribution in [2.24, 2.45) is 18.4 Å². The molecule has 2 aliphatic rings. The highest BCUT2D eigenvalue weighted by atomic mass is 32.2. The van der Waals surface area contributed by atoms with Crippen molar-refractivity contribution >= 4 is 11.8 Å². The standard InChI is InChI=1S/C18H25N5S/c1-14-11-18(14)6-9-23(13-18)8-4-10-24-17-21-20-16(22(17)2)15-5-3-7-19-12-15/h3,5,7,12,14H,4,6,8-11,13H2,1-2H3/t14-,18-/m1/s1. The summed E-state index contributed by atoms with van der Waals surface area (Å²) in [5, 5.41) is 9.65. The topological polar surface area (TPSA) is 46.8 Å². The molecular weight excluding hydrogens is 318 g/mol. The third-order valence-electron chi connectivity index (χ3n) is 5.67. The summed E-state index contributed by atoms with van der Waals surface area (Å²) < 4.78 is 2.07. The van der Waals surface area contributed by atoms with Crippen LogP contribution < -0.4 is 0 Å². The molecule has 24 heavy (non-hydrogen) atoms. The minimum atomic E-state index is 0.704. The lowest BCUT2D eigenvalue weighted by atomic mass is 10.0. The van der Waals surface area contributed by atoms with Crippen LogP contribution in [0.25, 0.3) is 11.4 Å². The molecule has 3 heterocycles. The predicted octanol–water partition coefficient (Wildman–Crippen LogP) is 3.09. The zero-order chi connectivity index (χ0) is 16.6. The van der Waals surface area contributed by atoms with Crippen LogP contribution in [0.5, 0.6) is 0 Å². The van der Waals surface area contributed by atoms with Crippen molar-refractivity contribution in [3.8, 4) is 11.4 Å². The zero-order valence-electron chi connectivity index (χ0n) is 14.5. The average molecular weight is 344 g/mol. The van der Waals surface area contributed by atoms with Crippen LogP contribution in [0.4, 0.5) is 0 Å². The molecular formula is C18H25N5S. The van der Waals surface area contributed by atoms with E-state index in [-0.39, 0.29) is 0 Å². The first-order chi connectivity index (χ1) is 11.7. The molecule has 0 N–H and O–H groups in total. The van der Waals surface area contributed by atoms with Gasteiger partial charge in [-0.1, -0.05) is 18.7 Å². The number of hydrogen-bond donors (Lipinski definition) is 0. The minimum Gasteiger partial charge on any atom is -0.305 e. The quantitative estimate of drug-likeness (QED) is 0.596. The van der Waals surface area contributed by atoms with Crippen molar-refractivity contribution in [3.05, 3.63) is 24.5 Å². The Bertz CT molecular complexity index is 701. The second-order valence-electron chi connectivity index (χ2n) is 7.30. The molecule has 0 unspecified atom stereocenters. The van der Waals surface area contributed by atoms with Crippen molar-refractivity contribution < 1.29 is 0 Å². The van der Waals surface area contributed by atoms with E-state index in [1.807, 2.05) is 25.4 Å². The largest absolute Gasteiger partial charge is 0.305 e. The Morgan fingerprint density at radius 3 is 2.96 bits per heavy atom. The highest BCUT2D eigenvalue weighted by molar-refractivity contribution is 7.99. The van der Waals surface area contributed by atoms with Crippen molar-refractivity contribution in [1.82, 2.24) is 24.6 Å². The Kier molecular flexibility index (Phi) is 4.35. The lowest BCUT2D eigenvalue weighted by molar-refractivity contribution is 0.316. The van der Waals surface area contributed by atoms with E-state index in [0.29, 0.717) is 5.41 Å². The molecule has 2 aromatic rings. The molecule has 6 heteroatoms. The number of thioether (sulfide) groups is 1. The third kappa shape index (κ3) is 3.09. The number of nitrogens with zero attached hydrogens (tertiary/aromatic N) is 5. The summed E-state index contributed by atoms with van der Waals surface area (Å²) in [6, 6.07) is 3.95. The fourth-order valence-corrected chi connectivity index (χ4v) is 4.77. The monoisotopic (exact) mass is 343 g/mol. The Morgan fingerprint density at radius 1 is 1.38 bits per heavy atom. The van der Waals surface area contributed by atoms with E-state index >= 15 is 0 Å². The van der Waals surface area contributed by atoms with Gasteiger partial charge in [0, 0.05) is 37.3 Å². The lowest BCUT2D eigenvalue weighted by Gasteiger charge is -2.15. The van der Waals surface area contributed by atoms with Gasteiger partial charge < -0.3 is 9.47 Å². The minimum absolute atomic E-state index is 0.704. The third-order valence-corrected chi connectivity index (χ3v) is 6.77. The normalized spacial score (nSPS) is 26.3. The molecule has 0 aromatic carbocycles. The van der Waals surface area contributed by atoms with E-state index < -0.39 is 0 Å². The van der Waals surface area contributed by atoms with E-state index in [0.717, 1.165) is 28.2 Å². The van der Waals surface area contributed by atoms with Gasteiger partial charge in [-0.05, 0) is 55.8 Å². The summed E-state index contributed by atoms with van der Waals surface area (Å²) in [5.74, 6) is 2.94. The van der Waals surface area contributed by atoms with Crippen LogP contribution >= 0.6 is 11.8 Å². The second-order valence-corrected chi connectivity index (χ2v) is 8.36. The molecule has 1 spiro atoms. The van der Waals surface area contributed by atoms with Gasteiger partial charge in [-0.15, -0.1) is 10.2 Å². The maximum Gasteiger partial charge on any atom is 0.191 e. The Hall–Kier alpha value is -1.40. The van der Waals surface area contributed by atoms with Crippen molar-refractivity contribution in [1.29, 1.82) is 0 Å². The molecule has 2 aromatic heterocycles. The van der Waals surface area contributed by atoms with Gasteiger partial charge in [-0.2, -0.15) is 0 Å². The van der Waals surface area contributed by atoms with Crippen molar-refractivity contribution in [2.75, 3.05) is 25.4 Å². The summed E-state index contributed by atoms with van der Waals surface area (Å²) in [6.07, 6.45) is 7.69. The van der Waals surface area contributed by atoms with Gasteiger partial charge in [0.15, 0.2) is 11.0 Å². The molecule has 1 aliphatic carbocycles. The molecule has 0 amide bonds. The van der Waals surface area contributed by atoms with Gasteiger partial charge in [-0.3, -0.25) is 4.98 Å². The van der Waals surface area contributed by atoms with Gasteiger partial charge in [-0.25, -0.2) is 0 Å². The molecule has 1 aliphatic heterocycles. The molecule has 128 valence electrons. The highest BCUT2D eigenvalue weighted by Crippen LogP contribution is 2.58. The van der Waals surface area contributed by atoms with Gasteiger partial charge in [0.05, 0.1) is 0 Å². The van der Waals surface area contributed by atoms with Gasteiger partial charge >= 0.3 is 0 Å². The van der Waals surface area contributed by atoms with Crippen LogP contribution in [-0.4, -0.2) is 50.0 Å². The highest BCUT2D eigenvalue weighted by Gasteiger charge is 2.54. The van der Waals surface area contributed by atoms with Crippen LogP contribution in [0, 0.1) is 11.3 Å². The fraction of sp³-hybridized carbons (Fsp3) is 0.611. The summed E-state index contributed by atoms with van der Waals surface area (Å²) in [7, 11) is 2.03. The molecule has 2 fully saturated rings. The van der Waals surface area contributed by atoms with Gasteiger partial charge in [0.25, 0.3) is 0 Å². The summed E-state index contributed by atoms with van der Waals surface area (Å²) in [4.78, 5) is 6.81. The van der Waals surface area contributed by atoms with E-state index in [4.69, 9.17) is 0 Å². The van der Waals surface area contributed by atoms with Crippen LogP contribution in [-0.2, 0) is 7.05 Å². The molecule has 5 nitrogen and oxygen atoms in total. The molecule has 1 saturated carbocycles. The number of likely N-dealkylation sites (tertiary alicyclic amines) is 1. The number of aromatic nitrogens is 4. The summed E-state index contributed by atoms with van der Waals surface area (Å²) in [6.45, 7) is 6.25. The van der Waals surface area contributed by atoms with Gasteiger partial charge in [0.1, 0.15) is 0 Å². The first-order valence-electron chi connectivity index (χ1n) is 8.83. The number of hydrogen-bond acceptors (Lipinski definition) is 5. The smallest absolute Gasteiger partial charge is 0.191 e. The fourth-order valence-electron chi connectivity index (χ4n) is 3.93. The predicted molar refractivity (Wildman–Crippen MR) is 96.8 cm³/mol. The Balaban J connectivity index is 1.26. The van der Waals surface area contributed by atoms with E-state index in [1.54, 1.807) is 18.0 Å². The first kappa shape index (κ1) is 16.1. The zero-order valence-corrected chi connectivity index (χ0v) is 15.3. The molecule has 0 radical (unpaired) electrons. The molecule has 0 bridgehead atoms. The van der Waals surface area contributed by atoms with E-state index in [9.17, 15) is 0 Å². The van der Waals surface area contributed by atoms with Gasteiger partial charge in [0.2, 0.25) is 0 Å². The van der Waals surface area contributed by atoms with E-state index in [2.05, 4.69) is 31.6 Å². The second kappa shape index (κ2) is 6.48. The maximum absolute atomic E-state index is 4.34. The maximum atomic E-state index is 4.34. The lowest BCUT2D eigenvalue weighted by Crippen LogP contribution is -2.23. The summed E-state index contributed by atoms with van der Waals surface area (Å²) in [5.41, 5.74) is 1.72. The van der Waals surface area contributed by atoms with E-state index in [1.165, 1.54) is 38.9 Å². The van der Waals surface area contributed by atoms with Crippen molar-refractivity contribution in [3.63, 3.8) is 0 Å². The number of pyridine rings is 1.